The smallest absolute Gasteiger partial charge is 0.285 e. The van der Waals surface area contributed by atoms with Gasteiger partial charge in [0.15, 0.2) is 12.0 Å². The van der Waals surface area contributed by atoms with Crippen LogP contribution in [-0.2, 0) is 0 Å². The second kappa shape index (κ2) is 4.51. The molecule has 0 saturated heterocycles. The van der Waals surface area contributed by atoms with Crippen LogP contribution in [0.1, 0.15) is 48.2 Å². The molecule has 0 bridgehead atoms. The average Bonchev–Trinajstić information content (AvgIpc) is 2.60. The average molecular weight is 208 g/mol. The van der Waals surface area contributed by atoms with E-state index in [4.69, 9.17) is 9.15 Å². The molecule has 3 nitrogen and oxygen atoms in total. The van der Waals surface area contributed by atoms with Gasteiger partial charge in [-0.05, 0) is 32.6 Å². The highest BCUT2D eigenvalue weighted by Gasteiger charge is 2.17. The first-order chi connectivity index (χ1) is 7.29. The maximum Gasteiger partial charge on any atom is 0.285 e. The highest BCUT2D eigenvalue weighted by molar-refractivity contribution is 5.73. The molecule has 0 amide bonds. The molecule has 82 valence electrons. The summed E-state index contributed by atoms with van der Waals surface area (Å²) in [5.74, 6) is 0.863. The standard InChI is InChI=1S/C12H16O3/c1-9-7-12(15-11(9)8-13)14-10-5-3-2-4-6-10/h7-8,10H,2-6H2,1H3. The lowest BCUT2D eigenvalue weighted by molar-refractivity contribution is 0.104. The van der Waals surface area contributed by atoms with Gasteiger partial charge in [0, 0.05) is 11.6 Å². The number of furan rings is 1. The number of rotatable bonds is 3. The summed E-state index contributed by atoms with van der Waals surface area (Å²) >= 11 is 0. The maximum atomic E-state index is 10.6. The zero-order valence-electron chi connectivity index (χ0n) is 8.99. The van der Waals surface area contributed by atoms with Crippen LogP contribution in [0.4, 0.5) is 0 Å². The third-order valence-electron chi connectivity index (χ3n) is 2.88. The summed E-state index contributed by atoms with van der Waals surface area (Å²) in [6.45, 7) is 1.85. The van der Waals surface area contributed by atoms with Gasteiger partial charge >= 0.3 is 0 Å². The summed E-state index contributed by atoms with van der Waals surface area (Å²) in [6, 6.07) is 1.79. The SMILES string of the molecule is Cc1cc(OC2CCCCC2)oc1C=O. The molecule has 1 heterocycles. The Morgan fingerprint density at radius 3 is 2.73 bits per heavy atom. The monoisotopic (exact) mass is 208 g/mol. The molecule has 0 N–H and O–H groups in total. The second-order valence-electron chi connectivity index (χ2n) is 4.11. The van der Waals surface area contributed by atoms with Gasteiger partial charge in [0.05, 0.1) is 0 Å². The van der Waals surface area contributed by atoms with Crippen LogP contribution >= 0.6 is 0 Å². The van der Waals surface area contributed by atoms with Crippen LogP contribution in [0.3, 0.4) is 0 Å². The number of carbonyl (C=O) groups is 1. The van der Waals surface area contributed by atoms with Crippen LogP contribution in [-0.4, -0.2) is 12.4 Å². The Morgan fingerprint density at radius 1 is 1.40 bits per heavy atom. The summed E-state index contributed by atoms with van der Waals surface area (Å²) in [5, 5.41) is 0. The van der Waals surface area contributed by atoms with Gasteiger partial charge in [0.1, 0.15) is 6.10 Å². The van der Waals surface area contributed by atoms with Crippen LogP contribution in [0.2, 0.25) is 0 Å². The second-order valence-corrected chi connectivity index (χ2v) is 4.11. The van der Waals surface area contributed by atoms with Crippen molar-refractivity contribution in [1.82, 2.24) is 0 Å². The lowest BCUT2D eigenvalue weighted by atomic mass is 9.98. The Bertz CT molecular complexity index is 335. The molecule has 2 rings (SSSR count). The molecular formula is C12H16O3. The predicted octanol–water partition coefficient (Wildman–Crippen LogP) is 3.11. The Kier molecular flexibility index (Phi) is 3.09. The first-order valence-corrected chi connectivity index (χ1v) is 5.52. The minimum Gasteiger partial charge on any atom is -0.462 e. The summed E-state index contributed by atoms with van der Waals surface area (Å²) in [7, 11) is 0. The molecule has 0 spiro atoms. The van der Waals surface area contributed by atoms with Crippen LogP contribution in [0.5, 0.6) is 5.95 Å². The summed E-state index contributed by atoms with van der Waals surface area (Å²) in [5.41, 5.74) is 0.843. The van der Waals surface area contributed by atoms with Crippen LogP contribution in [0.25, 0.3) is 0 Å². The third-order valence-corrected chi connectivity index (χ3v) is 2.88. The van der Waals surface area contributed by atoms with Crippen molar-refractivity contribution in [3.05, 3.63) is 17.4 Å². The maximum absolute atomic E-state index is 10.6. The van der Waals surface area contributed by atoms with Crippen molar-refractivity contribution in [2.45, 2.75) is 45.1 Å². The number of ether oxygens (including phenoxy) is 1. The zero-order chi connectivity index (χ0) is 10.7. The summed E-state index contributed by atoms with van der Waals surface area (Å²) in [6.07, 6.45) is 6.94. The van der Waals surface area contributed by atoms with Crippen LogP contribution in [0, 0.1) is 6.92 Å². The number of hydrogen-bond donors (Lipinski definition) is 0. The van der Waals surface area contributed by atoms with Gasteiger partial charge in [-0.3, -0.25) is 4.79 Å². The lowest BCUT2D eigenvalue weighted by Crippen LogP contribution is -2.19. The van der Waals surface area contributed by atoms with E-state index in [1.807, 2.05) is 6.92 Å². The van der Waals surface area contributed by atoms with Crippen molar-refractivity contribution in [3.8, 4) is 5.95 Å². The lowest BCUT2D eigenvalue weighted by Gasteiger charge is -2.21. The fraction of sp³-hybridized carbons (Fsp3) is 0.583. The van der Waals surface area contributed by atoms with Crippen LogP contribution < -0.4 is 4.74 Å². The quantitative estimate of drug-likeness (QED) is 0.716. The minimum absolute atomic E-state index is 0.267. The van der Waals surface area contributed by atoms with Crippen LogP contribution in [0.15, 0.2) is 10.5 Å². The van der Waals surface area contributed by atoms with Gasteiger partial charge in [-0.2, -0.15) is 0 Å². The molecule has 1 fully saturated rings. The Labute approximate surface area is 89.4 Å². The Morgan fingerprint density at radius 2 is 2.13 bits per heavy atom. The fourth-order valence-electron chi connectivity index (χ4n) is 1.99. The molecule has 1 aliphatic rings. The minimum atomic E-state index is 0.267. The van der Waals surface area contributed by atoms with Gasteiger partial charge < -0.3 is 9.15 Å². The van der Waals surface area contributed by atoms with Gasteiger partial charge in [0.25, 0.3) is 5.95 Å². The van der Waals surface area contributed by atoms with Crippen molar-refractivity contribution in [3.63, 3.8) is 0 Å². The van der Waals surface area contributed by atoms with E-state index in [9.17, 15) is 4.79 Å². The zero-order valence-corrected chi connectivity index (χ0v) is 8.99. The van der Waals surface area contributed by atoms with Gasteiger partial charge in [0.2, 0.25) is 0 Å². The van der Waals surface area contributed by atoms with E-state index in [-0.39, 0.29) is 6.10 Å². The van der Waals surface area contributed by atoms with E-state index in [2.05, 4.69) is 0 Å². The van der Waals surface area contributed by atoms with E-state index in [0.29, 0.717) is 11.7 Å². The molecule has 0 aliphatic heterocycles. The Balaban J connectivity index is 2.00. The first-order valence-electron chi connectivity index (χ1n) is 5.52. The first kappa shape index (κ1) is 10.3. The van der Waals surface area contributed by atoms with Crippen molar-refractivity contribution in [1.29, 1.82) is 0 Å². The van der Waals surface area contributed by atoms with E-state index < -0.39 is 0 Å². The van der Waals surface area contributed by atoms with Gasteiger partial charge in [-0.15, -0.1) is 0 Å². The van der Waals surface area contributed by atoms with Crippen molar-refractivity contribution in [2.75, 3.05) is 0 Å². The normalized spacial score (nSPS) is 17.7. The topological polar surface area (TPSA) is 39.4 Å². The highest BCUT2D eigenvalue weighted by atomic mass is 16.6. The van der Waals surface area contributed by atoms with E-state index >= 15 is 0 Å². The van der Waals surface area contributed by atoms with E-state index in [0.717, 1.165) is 24.7 Å². The van der Waals surface area contributed by atoms with Gasteiger partial charge in [-0.25, -0.2) is 0 Å². The molecule has 1 aliphatic carbocycles. The van der Waals surface area contributed by atoms with Crippen molar-refractivity contribution >= 4 is 6.29 Å². The van der Waals surface area contributed by atoms with E-state index in [1.54, 1.807) is 6.07 Å². The van der Waals surface area contributed by atoms with Gasteiger partial charge in [-0.1, -0.05) is 6.42 Å². The number of hydrogen-bond acceptors (Lipinski definition) is 3. The Hall–Kier alpha value is -1.25. The third kappa shape index (κ3) is 2.41. The van der Waals surface area contributed by atoms with Crippen molar-refractivity contribution in [2.24, 2.45) is 0 Å². The molecule has 1 aromatic heterocycles. The molecule has 0 atom stereocenters. The fourth-order valence-corrected chi connectivity index (χ4v) is 1.99. The highest BCUT2D eigenvalue weighted by Crippen LogP contribution is 2.26. The molecule has 1 aromatic rings. The largest absolute Gasteiger partial charge is 0.462 e. The predicted molar refractivity (Wildman–Crippen MR) is 56.3 cm³/mol. The molecule has 15 heavy (non-hydrogen) atoms. The molecule has 0 unspecified atom stereocenters. The molecule has 0 aromatic carbocycles. The van der Waals surface area contributed by atoms with E-state index in [1.165, 1.54) is 19.3 Å². The number of aryl methyl sites for hydroxylation is 1. The summed E-state index contributed by atoms with van der Waals surface area (Å²) in [4.78, 5) is 10.6. The van der Waals surface area contributed by atoms with Crippen molar-refractivity contribution < 1.29 is 13.9 Å². The molecule has 0 radical (unpaired) electrons. The summed E-state index contributed by atoms with van der Waals surface area (Å²) < 4.78 is 11.0. The molecular weight excluding hydrogens is 192 g/mol. The number of carbonyl (C=O) groups excluding carboxylic acids is 1. The molecule has 1 saturated carbocycles. The number of aldehydes is 1. The molecule has 3 heteroatoms.